The van der Waals surface area contributed by atoms with Crippen molar-refractivity contribution >= 4 is 44.1 Å². The smallest absolute Gasteiger partial charge is 0.151 e. The Labute approximate surface area is 122 Å². The van der Waals surface area contributed by atoms with E-state index in [1.165, 1.54) is 0 Å². The van der Waals surface area contributed by atoms with Gasteiger partial charge in [0, 0.05) is 12.3 Å². The molecule has 4 nitrogen and oxygen atoms in total. The Hall–Kier alpha value is -0.780. The van der Waals surface area contributed by atoms with E-state index in [0.29, 0.717) is 17.4 Å². The second-order valence-electron chi connectivity index (χ2n) is 4.16. The second kappa shape index (κ2) is 5.69. The zero-order valence-corrected chi connectivity index (χ0v) is 12.8. The zero-order valence-electron chi connectivity index (χ0n) is 10.4. The number of hydrogen-bond acceptors (Lipinski definition) is 3. The molecule has 0 saturated carbocycles. The number of halogens is 2. The lowest BCUT2D eigenvalue weighted by atomic mass is 10.3. The number of hydrogen-bond donors (Lipinski definition) is 0. The molecule has 2 rings (SSSR count). The molecule has 0 radical (unpaired) electrons. The second-order valence-corrected chi connectivity index (χ2v) is 7.30. The molecule has 0 aliphatic rings. The summed E-state index contributed by atoms with van der Waals surface area (Å²) in [6, 6.07) is 5.40. The summed E-state index contributed by atoms with van der Waals surface area (Å²) in [5.41, 5.74) is 1.48. The molecule has 0 unspecified atom stereocenters. The van der Waals surface area contributed by atoms with E-state index in [1.807, 2.05) is 12.1 Å². The van der Waals surface area contributed by atoms with Gasteiger partial charge in [-0.2, -0.15) is 0 Å². The Balaban J connectivity index is 2.46. The molecule has 0 amide bonds. The highest BCUT2D eigenvalue weighted by atomic mass is 35.5. The van der Waals surface area contributed by atoms with Gasteiger partial charge in [0.1, 0.15) is 5.82 Å². The fourth-order valence-corrected chi connectivity index (χ4v) is 3.13. The molecule has 7 heteroatoms. The van der Waals surface area contributed by atoms with Crippen molar-refractivity contribution < 1.29 is 8.42 Å². The van der Waals surface area contributed by atoms with E-state index in [1.54, 1.807) is 17.6 Å². The fourth-order valence-electron chi connectivity index (χ4n) is 1.91. The summed E-state index contributed by atoms with van der Waals surface area (Å²) in [6.07, 6.45) is 0. The van der Waals surface area contributed by atoms with Crippen molar-refractivity contribution in [2.75, 3.05) is 11.5 Å². The normalized spacial score (nSPS) is 12.2. The zero-order chi connectivity index (χ0) is 14.0. The first-order valence-corrected chi connectivity index (χ1v) is 8.62. The van der Waals surface area contributed by atoms with Crippen LogP contribution in [-0.4, -0.2) is 29.5 Å². The van der Waals surface area contributed by atoms with Crippen LogP contribution in [0.5, 0.6) is 0 Å². The minimum Gasteiger partial charge on any atom is -0.325 e. The molecule has 104 valence electrons. The van der Waals surface area contributed by atoms with Gasteiger partial charge >= 0.3 is 0 Å². The van der Waals surface area contributed by atoms with Crippen molar-refractivity contribution in [2.45, 2.75) is 19.3 Å². The Morgan fingerprint density at radius 2 is 2.11 bits per heavy atom. The quantitative estimate of drug-likeness (QED) is 0.796. The van der Waals surface area contributed by atoms with Gasteiger partial charge in [0.2, 0.25) is 0 Å². The predicted molar refractivity (Wildman–Crippen MR) is 78.6 cm³/mol. The number of fused-ring (bicyclic) bond motifs is 1. The van der Waals surface area contributed by atoms with E-state index in [-0.39, 0.29) is 17.4 Å². The van der Waals surface area contributed by atoms with E-state index >= 15 is 0 Å². The van der Waals surface area contributed by atoms with Crippen LogP contribution < -0.4 is 0 Å². The summed E-state index contributed by atoms with van der Waals surface area (Å²) in [5, 5.41) is 0.551. The molecule has 2 aromatic rings. The van der Waals surface area contributed by atoms with Crippen molar-refractivity contribution in [1.29, 1.82) is 0 Å². The standard InChI is InChI=1S/C12H14Cl2N2O2S/c1-2-19(17,18)7-6-16-11(8-13)15-10-5-3-4-9(14)12(10)16/h3-5H,2,6-8H2,1H3. The molecule has 0 spiro atoms. The first-order valence-electron chi connectivity index (χ1n) is 5.88. The van der Waals surface area contributed by atoms with E-state index < -0.39 is 9.84 Å². The van der Waals surface area contributed by atoms with Crippen LogP contribution in [0.15, 0.2) is 18.2 Å². The van der Waals surface area contributed by atoms with Crippen LogP contribution in [0.2, 0.25) is 5.02 Å². The molecule has 1 aromatic heterocycles. The van der Waals surface area contributed by atoms with Gasteiger partial charge < -0.3 is 4.57 Å². The van der Waals surface area contributed by atoms with Gasteiger partial charge in [-0.1, -0.05) is 24.6 Å². The lowest BCUT2D eigenvalue weighted by Crippen LogP contribution is -2.16. The van der Waals surface area contributed by atoms with Crippen LogP contribution in [0.1, 0.15) is 12.7 Å². The highest BCUT2D eigenvalue weighted by Crippen LogP contribution is 2.25. The van der Waals surface area contributed by atoms with Gasteiger partial charge in [-0.25, -0.2) is 13.4 Å². The summed E-state index contributed by atoms with van der Waals surface area (Å²) in [7, 11) is -3.04. The highest BCUT2D eigenvalue weighted by molar-refractivity contribution is 7.91. The Kier molecular flexibility index (Phi) is 4.38. The number of rotatable bonds is 5. The van der Waals surface area contributed by atoms with Crippen molar-refractivity contribution in [3.05, 3.63) is 29.0 Å². The molecule has 0 aliphatic heterocycles. The summed E-state index contributed by atoms with van der Waals surface area (Å²) >= 11 is 12.0. The van der Waals surface area contributed by atoms with Gasteiger partial charge in [-0.15, -0.1) is 11.6 Å². The monoisotopic (exact) mass is 320 g/mol. The van der Waals surface area contributed by atoms with Crippen LogP contribution in [0.3, 0.4) is 0 Å². The molecule has 19 heavy (non-hydrogen) atoms. The molecule has 0 saturated heterocycles. The van der Waals surface area contributed by atoms with E-state index in [0.717, 1.165) is 11.0 Å². The number of alkyl halides is 1. The Bertz CT molecular complexity index is 695. The first-order chi connectivity index (χ1) is 8.98. The maximum atomic E-state index is 11.6. The van der Waals surface area contributed by atoms with Crippen LogP contribution >= 0.6 is 23.2 Å². The Morgan fingerprint density at radius 3 is 2.74 bits per heavy atom. The molecule has 0 bridgehead atoms. The third kappa shape index (κ3) is 3.04. The number of imidazole rings is 1. The number of para-hydroxylation sites is 1. The molecule has 1 aromatic carbocycles. The largest absolute Gasteiger partial charge is 0.325 e. The molecular formula is C12H14Cl2N2O2S. The van der Waals surface area contributed by atoms with Crippen LogP contribution in [0, 0.1) is 0 Å². The predicted octanol–water partition coefficient (Wildman–Crippen LogP) is 2.86. The van der Waals surface area contributed by atoms with Gasteiger partial charge in [-0.3, -0.25) is 0 Å². The summed E-state index contributed by atoms with van der Waals surface area (Å²) < 4.78 is 25.0. The lowest BCUT2D eigenvalue weighted by Gasteiger charge is -2.08. The molecule has 0 N–H and O–H groups in total. The Morgan fingerprint density at radius 1 is 1.37 bits per heavy atom. The van der Waals surface area contributed by atoms with Crippen LogP contribution in [0.4, 0.5) is 0 Å². The van der Waals surface area contributed by atoms with Crippen molar-refractivity contribution in [2.24, 2.45) is 0 Å². The molecular weight excluding hydrogens is 307 g/mol. The molecule has 0 atom stereocenters. The maximum Gasteiger partial charge on any atom is 0.151 e. The summed E-state index contributed by atoms with van der Waals surface area (Å²) in [4.78, 5) is 4.37. The summed E-state index contributed by atoms with van der Waals surface area (Å²) in [6.45, 7) is 1.95. The molecule has 0 fully saturated rings. The first kappa shape index (κ1) is 14.6. The van der Waals surface area contributed by atoms with E-state index in [9.17, 15) is 8.42 Å². The number of aromatic nitrogens is 2. The number of nitrogens with zero attached hydrogens (tertiary/aromatic N) is 2. The van der Waals surface area contributed by atoms with E-state index in [2.05, 4.69) is 4.98 Å². The van der Waals surface area contributed by atoms with Gasteiger partial charge in [0.15, 0.2) is 9.84 Å². The number of aryl methyl sites for hydroxylation is 1. The lowest BCUT2D eigenvalue weighted by molar-refractivity contribution is 0.590. The van der Waals surface area contributed by atoms with Crippen molar-refractivity contribution in [3.63, 3.8) is 0 Å². The fraction of sp³-hybridized carbons (Fsp3) is 0.417. The number of sulfone groups is 1. The van der Waals surface area contributed by atoms with Crippen LogP contribution in [0.25, 0.3) is 11.0 Å². The minimum atomic E-state index is -3.04. The summed E-state index contributed by atoms with van der Waals surface area (Å²) in [5.74, 6) is 1.04. The van der Waals surface area contributed by atoms with Crippen LogP contribution in [-0.2, 0) is 22.3 Å². The maximum absolute atomic E-state index is 11.6. The van der Waals surface area contributed by atoms with E-state index in [4.69, 9.17) is 23.2 Å². The average molecular weight is 321 g/mol. The topological polar surface area (TPSA) is 52.0 Å². The number of benzene rings is 1. The molecule has 0 aliphatic carbocycles. The SMILES string of the molecule is CCS(=O)(=O)CCn1c(CCl)nc2cccc(Cl)c21. The third-order valence-electron chi connectivity index (χ3n) is 2.98. The van der Waals surface area contributed by atoms with Gasteiger partial charge in [-0.05, 0) is 12.1 Å². The van der Waals surface area contributed by atoms with Crippen molar-refractivity contribution in [1.82, 2.24) is 9.55 Å². The average Bonchev–Trinajstić information content (AvgIpc) is 2.76. The minimum absolute atomic E-state index is 0.0596. The van der Waals surface area contributed by atoms with Gasteiger partial charge in [0.25, 0.3) is 0 Å². The third-order valence-corrected chi connectivity index (χ3v) is 5.21. The highest BCUT2D eigenvalue weighted by Gasteiger charge is 2.15. The van der Waals surface area contributed by atoms with Crippen molar-refractivity contribution in [3.8, 4) is 0 Å². The molecule has 1 heterocycles. The van der Waals surface area contributed by atoms with Gasteiger partial charge in [0.05, 0.1) is 27.7 Å².